The van der Waals surface area contributed by atoms with Gasteiger partial charge in [0, 0.05) is 44.2 Å². The van der Waals surface area contributed by atoms with Crippen LogP contribution in [-0.4, -0.2) is 47.0 Å². The molecule has 4 rings (SSSR count). The molecule has 2 aromatic rings. The molecule has 0 atom stereocenters. The van der Waals surface area contributed by atoms with E-state index in [1.54, 1.807) is 6.20 Å². The normalized spacial score (nSPS) is 18.8. The monoisotopic (exact) mass is 332 g/mol. The molecule has 126 valence electrons. The lowest BCUT2D eigenvalue weighted by molar-refractivity contribution is -0.132. The molecule has 1 aliphatic carbocycles. The average Bonchev–Trinajstić information content (AvgIpc) is 3.41. The first kappa shape index (κ1) is 15.2. The van der Waals surface area contributed by atoms with Crippen LogP contribution in [0.25, 0.3) is 11.0 Å². The molecule has 2 heterocycles. The SMILES string of the molecule is O=C(C1CC1)N1CCCN(c2cnc3cc(F)c(F)cc3n2)CC1. The van der Waals surface area contributed by atoms with E-state index in [-0.39, 0.29) is 11.8 Å². The third-order valence-electron chi connectivity index (χ3n) is 4.63. The molecular weight excluding hydrogens is 314 g/mol. The summed E-state index contributed by atoms with van der Waals surface area (Å²) in [6.07, 6.45) is 4.46. The summed E-state index contributed by atoms with van der Waals surface area (Å²) in [5.74, 6) is -0.720. The first-order valence-corrected chi connectivity index (χ1v) is 8.27. The molecule has 1 saturated carbocycles. The van der Waals surface area contributed by atoms with Crippen molar-refractivity contribution in [1.29, 1.82) is 0 Å². The summed E-state index contributed by atoms with van der Waals surface area (Å²) >= 11 is 0. The van der Waals surface area contributed by atoms with Crippen LogP contribution in [0, 0.1) is 17.6 Å². The number of fused-ring (bicyclic) bond motifs is 1. The smallest absolute Gasteiger partial charge is 0.225 e. The molecule has 1 aliphatic heterocycles. The molecule has 0 spiro atoms. The predicted octanol–water partition coefficient (Wildman–Crippen LogP) is 2.36. The minimum Gasteiger partial charge on any atom is -0.353 e. The Morgan fingerprint density at radius 2 is 1.79 bits per heavy atom. The zero-order chi connectivity index (χ0) is 16.7. The van der Waals surface area contributed by atoms with Crippen LogP contribution in [0.3, 0.4) is 0 Å². The van der Waals surface area contributed by atoms with Gasteiger partial charge in [-0.1, -0.05) is 0 Å². The summed E-state index contributed by atoms with van der Waals surface area (Å²) in [5.41, 5.74) is 0.666. The number of hydrogen-bond donors (Lipinski definition) is 0. The number of anilines is 1. The second-order valence-corrected chi connectivity index (χ2v) is 6.42. The van der Waals surface area contributed by atoms with Gasteiger partial charge in [0.25, 0.3) is 0 Å². The highest BCUT2D eigenvalue weighted by atomic mass is 19.2. The van der Waals surface area contributed by atoms with Crippen LogP contribution < -0.4 is 4.90 Å². The third-order valence-corrected chi connectivity index (χ3v) is 4.63. The fourth-order valence-corrected chi connectivity index (χ4v) is 3.11. The van der Waals surface area contributed by atoms with E-state index in [0.29, 0.717) is 29.9 Å². The Bertz CT molecular complexity index is 793. The van der Waals surface area contributed by atoms with Crippen LogP contribution in [0.1, 0.15) is 19.3 Å². The van der Waals surface area contributed by atoms with E-state index < -0.39 is 11.6 Å². The lowest BCUT2D eigenvalue weighted by Crippen LogP contribution is -2.36. The van der Waals surface area contributed by atoms with Crippen LogP contribution in [0.4, 0.5) is 14.6 Å². The molecule has 0 unspecified atom stereocenters. The Hall–Kier alpha value is -2.31. The summed E-state index contributed by atoms with van der Waals surface area (Å²) in [5, 5.41) is 0. The summed E-state index contributed by atoms with van der Waals surface area (Å²) in [6, 6.07) is 2.13. The topological polar surface area (TPSA) is 49.3 Å². The number of nitrogens with zero attached hydrogens (tertiary/aromatic N) is 4. The molecule has 0 N–H and O–H groups in total. The van der Waals surface area contributed by atoms with Crippen molar-refractivity contribution in [3.05, 3.63) is 30.0 Å². The molecule has 1 saturated heterocycles. The summed E-state index contributed by atoms with van der Waals surface area (Å²) < 4.78 is 26.7. The Morgan fingerprint density at radius 1 is 1.04 bits per heavy atom. The first-order chi connectivity index (χ1) is 11.6. The number of benzene rings is 1. The minimum atomic E-state index is -0.925. The molecule has 1 amide bonds. The predicted molar refractivity (Wildman–Crippen MR) is 85.6 cm³/mol. The maximum atomic E-state index is 13.4. The van der Waals surface area contributed by atoms with Gasteiger partial charge in [0.1, 0.15) is 5.82 Å². The standard InChI is InChI=1S/C17H18F2N4O/c18-12-8-14-15(9-13(12)19)21-16(10-20-14)22-4-1-5-23(7-6-22)17(24)11-2-3-11/h8-11H,1-7H2. The van der Waals surface area contributed by atoms with Gasteiger partial charge in [0.05, 0.1) is 17.2 Å². The Morgan fingerprint density at radius 3 is 2.54 bits per heavy atom. The fourth-order valence-electron chi connectivity index (χ4n) is 3.11. The van der Waals surface area contributed by atoms with Gasteiger partial charge in [-0.3, -0.25) is 9.78 Å². The first-order valence-electron chi connectivity index (χ1n) is 8.27. The van der Waals surface area contributed by atoms with E-state index >= 15 is 0 Å². The van der Waals surface area contributed by atoms with Gasteiger partial charge in [-0.25, -0.2) is 13.8 Å². The highest BCUT2D eigenvalue weighted by molar-refractivity contribution is 5.81. The van der Waals surface area contributed by atoms with Crippen LogP contribution in [0.2, 0.25) is 0 Å². The maximum Gasteiger partial charge on any atom is 0.225 e. The van der Waals surface area contributed by atoms with Crippen LogP contribution in [-0.2, 0) is 4.79 Å². The molecule has 0 bridgehead atoms. The van der Waals surface area contributed by atoms with Crippen LogP contribution in [0.15, 0.2) is 18.3 Å². The number of rotatable bonds is 2. The van der Waals surface area contributed by atoms with E-state index in [2.05, 4.69) is 9.97 Å². The van der Waals surface area contributed by atoms with Crippen molar-refractivity contribution in [3.63, 3.8) is 0 Å². The van der Waals surface area contributed by atoms with Crippen molar-refractivity contribution in [1.82, 2.24) is 14.9 Å². The van der Waals surface area contributed by atoms with E-state index in [1.807, 2.05) is 9.80 Å². The van der Waals surface area contributed by atoms with E-state index in [0.717, 1.165) is 44.5 Å². The largest absolute Gasteiger partial charge is 0.353 e. The second-order valence-electron chi connectivity index (χ2n) is 6.42. The second kappa shape index (κ2) is 5.96. The molecular formula is C17H18F2N4O. The highest BCUT2D eigenvalue weighted by Gasteiger charge is 2.34. The lowest BCUT2D eigenvalue weighted by atomic mass is 10.3. The van der Waals surface area contributed by atoms with Gasteiger partial charge in [0.2, 0.25) is 5.91 Å². The molecule has 0 radical (unpaired) electrons. The number of carbonyl (C=O) groups is 1. The van der Waals surface area contributed by atoms with E-state index in [1.165, 1.54) is 0 Å². The Kier molecular flexibility index (Phi) is 3.78. The summed E-state index contributed by atoms with van der Waals surface area (Å²) in [6.45, 7) is 2.85. The van der Waals surface area contributed by atoms with Gasteiger partial charge in [-0.2, -0.15) is 0 Å². The number of carbonyl (C=O) groups excluding carboxylic acids is 1. The molecule has 7 heteroatoms. The fraction of sp³-hybridized carbons (Fsp3) is 0.471. The van der Waals surface area contributed by atoms with Crippen LogP contribution in [0.5, 0.6) is 0 Å². The molecule has 1 aromatic heterocycles. The lowest BCUT2D eigenvalue weighted by Gasteiger charge is -2.22. The van der Waals surface area contributed by atoms with Gasteiger partial charge < -0.3 is 9.80 Å². The average molecular weight is 332 g/mol. The Balaban J connectivity index is 1.53. The summed E-state index contributed by atoms with van der Waals surface area (Å²) in [7, 11) is 0. The van der Waals surface area contributed by atoms with Crippen molar-refractivity contribution in [2.24, 2.45) is 5.92 Å². The van der Waals surface area contributed by atoms with Crippen molar-refractivity contribution >= 4 is 22.8 Å². The van der Waals surface area contributed by atoms with Crippen molar-refractivity contribution in [2.75, 3.05) is 31.1 Å². The van der Waals surface area contributed by atoms with Gasteiger partial charge in [0.15, 0.2) is 11.6 Å². The minimum absolute atomic E-state index is 0.231. The number of aromatic nitrogens is 2. The molecule has 1 aromatic carbocycles. The van der Waals surface area contributed by atoms with E-state index in [9.17, 15) is 13.6 Å². The van der Waals surface area contributed by atoms with E-state index in [4.69, 9.17) is 0 Å². The molecule has 2 fully saturated rings. The van der Waals surface area contributed by atoms with Crippen molar-refractivity contribution < 1.29 is 13.6 Å². The maximum absolute atomic E-state index is 13.4. The highest BCUT2D eigenvalue weighted by Crippen LogP contribution is 2.31. The summed E-state index contributed by atoms with van der Waals surface area (Å²) in [4.78, 5) is 24.8. The van der Waals surface area contributed by atoms with Crippen LogP contribution >= 0.6 is 0 Å². The van der Waals surface area contributed by atoms with Crippen molar-refractivity contribution in [2.45, 2.75) is 19.3 Å². The zero-order valence-electron chi connectivity index (χ0n) is 13.2. The molecule has 5 nitrogen and oxygen atoms in total. The van der Waals surface area contributed by atoms with Gasteiger partial charge in [-0.05, 0) is 19.3 Å². The van der Waals surface area contributed by atoms with Gasteiger partial charge >= 0.3 is 0 Å². The quantitative estimate of drug-likeness (QED) is 0.847. The van der Waals surface area contributed by atoms with Gasteiger partial charge in [-0.15, -0.1) is 0 Å². The number of amides is 1. The number of halogens is 2. The molecule has 2 aliphatic rings. The Labute approximate surface area is 138 Å². The third kappa shape index (κ3) is 2.90. The zero-order valence-corrected chi connectivity index (χ0v) is 13.2. The number of hydrogen-bond acceptors (Lipinski definition) is 4. The molecule has 24 heavy (non-hydrogen) atoms. The van der Waals surface area contributed by atoms with Crippen molar-refractivity contribution in [3.8, 4) is 0 Å².